The largest absolute Gasteiger partial charge is 0.484 e. The SMILES string of the molecule is C[C@H](Oc1cc(-c2nn(C)c3c(-c4cnn(C5CCOCC5)c4)cnc(N)c23)ccc1NS(=O)(=O)Cc1ccccc1)c1ccc(F)cc1. The molecule has 1 aliphatic heterocycles. The van der Waals surface area contributed by atoms with E-state index in [1.54, 1.807) is 65.5 Å². The third kappa shape index (κ3) is 6.85. The van der Waals surface area contributed by atoms with Crippen molar-refractivity contribution in [3.63, 3.8) is 0 Å². The molecule has 0 unspecified atom stereocenters. The van der Waals surface area contributed by atoms with E-state index in [1.807, 2.05) is 37.1 Å². The maximum Gasteiger partial charge on any atom is 0.237 e. The molecule has 7 rings (SSSR count). The Bertz CT molecular complexity index is 2210. The highest BCUT2D eigenvalue weighted by Crippen LogP contribution is 2.40. The van der Waals surface area contributed by atoms with Gasteiger partial charge in [-0.2, -0.15) is 10.2 Å². The zero-order chi connectivity index (χ0) is 34.1. The van der Waals surface area contributed by atoms with Crippen LogP contribution in [0.3, 0.4) is 0 Å². The maximum absolute atomic E-state index is 13.7. The number of fused-ring (bicyclic) bond motifs is 1. The monoisotopic (exact) mass is 681 g/mol. The van der Waals surface area contributed by atoms with Crippen molar-refractivity contribution in [1.82, 2.24) is 24.5 Å². The summed E-state index contributed by atoms with van der Waals surface area (Å²) in [5.41, 5.74) is 11.8. The van der Waals surface area contributed by atoms with Crippen molar-refractivity contribution in [3.8, 4) is 28.1 Å². The number of nitrogens with two attached hydrogens (primary N) is 1. The first kappa shape index (κ1) is 32.3. The molecule has 1 fully saturated rings. The summed E-state index contributed by atoms with van der Waals surface area (Å²) in [5.74, 6) is -0.0155. The van der Waals surface area contributed by atoms with Gasteiger partial charge in [0.05, 0.1) is 34.6 Å². The van der Waals surface area contributed by atoms with Crippen molar-refractivity contribution in [3.05, 3.63) is 108 Å². The van der Waals surface area contributed by atoms with E-state index in [1.165, 1.54) is 12.1 Å². The van der Waals surface area contributed by atoms with Gasteiger partial charge < -0.3 is 15.2 Å². The van der Waals surface area contributed by atoms with Gasteiger partial charge in [-0.15, -0.1) is 0 Å². The molecule has 0 aliphatic carbocycles. The Balaban J connectivity index is 1.28. The summed E-state index contributed by atoms with van der Waals surface area (Å²) in [7, 11) is -1.97. The molecule has 13 heteroatoms. The standard InChI is InChI=1S/C36H36FN7O4S/c1-23(25-8-11-28(37)12-9-25)48-32-18-26(10-13-31(32)42-49(45,46)22-24-6-4-3-5-7-24)34-33-35(43(2)41-34)30(20-39-36(33)38)27-19-40-44(21-27)29-14-16-47-17-15-29/h3-13,18-21,23,29,42H,14-17,22H2,1-2H3,(H2,38,39)/t23-/m0/s1. The van der Waals surface area contributed by atoms with Crippen LogP contribution in [0.4, 0.5) is 15.9 Å². The third-order valence-corrected chi connectivity index (χ3v) is 9.98. The summed E-state index contributed by atoms with van der Waals surface area (Å²) in [4.78, 5) is 4.54. The molecule has 0 radical (unpaired) electrons. The minimum atomic E-state index is -3.82. The number of rotatable bonds is 10. The second-order valence-corrected chi connectivity index (χ2v) is 13.9. The Morgan fingerprint density at radius 3 is 2.55 bits per heavy atom. The number of anilines is 2. The number of halogens is 1. The highest BCUT2D eigenvalue weighted by atomic mass is 32.2. The predicted molar refractivity (Wildman–Crippen MR) is 187 cm³/mol. The van der Waals surface area contributed by atoms with E-state index in [0.29, 0.717) is 46.8 Å². The van der Waals surface area contributed by atoms with Crippen LogP contribution in [0.2, 0.25) is 0 Å². The number of hydrogen-bond acceptors (Lipinski definition) is 8. The average molecular weight is 682 g/mol. The minimum absolute atomic E-state index is 0.219. The molecular weight excluding hydrogens is 646 g/mol. The van der Waals surface area contributed by atoms with Gasteiger partial charge in [0.2, 0.25) is 10.0 Å². The molecule has 49 heavy (non-hydrogen) atoms. The number of nitrogen functional groups attached to an aromatic ring is 1. The fraction of sp³-hybridized carbons (Fsp3) is 0.250. The molecule has 0 saturated carbocycles. The van der Waals surface area contributed by atoms with Gasteiger partial charge in [-0.3, -0.25) is 14.1 Å². The lowest BCUT2D eigenvalue weighted by Gasteiger charge is -2.22. The Hall–Kier alpha value is -5.27. The number of aromatic nitrogens is 5. The van der Waals surface area contributed by atoms with Gasteiger partial charge in [-0.25, -0.2) is 17.8 Å². The smallest absolute Gasteiger partial charge is 0.237 e. The van der Waals surface area contributed by atoms with Crippen LogP contribution in [0.25, 0.3) is 33.3 Å². The molecule has 0 amide bonds. The fourth-order valence-electron chi connectivity index (χ4n) is 6.22. The quantitative estimate of drug-likeness (QED) is 0.164. The number of nitrogens with one attached hydrogen (secondary N) is 1. The van der Waals surface area contributed by atoms with Gasteiger partial charge in [0.1, 0.15) is 29.2 Å². The van der Waals surface area contributed by atoms with Gasteiger partial charge in [-0.05, 0) is 55.2 Å². The second kappa shape index (κ2) is 13.3. The van der Waals surface area contributed by atoms with Crippen molar-refractivity contribution in [1.29, 1.82) is 0 Å². The number of pyridine rings is 1. The predicted octanol–water partition coefficient (Wildman–Crippen LogP) is 6.65. The molecule has 0 bridgehead atoms. The van der Waals surface area contributed by atoms with Gasteiger partial charge in [0.15, 0.2) is 0 Å². The summed E-state index contributed by atoms with van der Waals surface area (Å²) in [6.45, 7) is 3.23. The second-order valence-electron chi connectivity index (χ2n) is 12.2. The number of aryl methyl sites for hydroxylation is 1. The Kier molecular flexibility index (Phi) is 8.78. The summed E-state index contributed by atoms with van der Waals surface area (Å²) in [6.07, 6.45) is 6.84. The fourth-order valence-corrected chi connectivity index (χ4v) is 7.42. The third-order valence-electron chi connectivity index (χ3n) is 8.73. The van der Waals surface area contributed by atoms with Crippen molar-refractivity contribution in [2.75, 3.05) is 23.7 Å². The summed E-state index contributed by atoms with van der Waals surface area (Å²) in [6, 6.07) is 20.3. The molecule has 1 aliphatic rings. The highest BCUT2D eigenvalue weighted by molar-refractivity contribution is 7.91. The van der Waals surface area contributed by atoms with Gasteiger partial charge in [-0.1, -0.05) is 48.5 Å². The molecule has 252 valence electrons. The molecule has 0 spiro atoms. The molecule has 4 heterocycles. The molecule has 3 N–H and O–H groups in total. The van der Waals surface area contributed by atoms with Gasteiger partial charge in [0, 0.05) is 49.3 Å². The molecule has 3 aromatic heterocycles. The molecule has 3 aromatic carbocycles. The van der Waals surface area contributed by atoms with E-state index >= 15 is 0 Å². The van der Waals surface area contributed by atoms with Crippen LogP contribution in [0.5, 0.6) is 5.75 Å². The first-order valence-corrected chi connectivity index (χ1v) is 17.6. The zero-order valence-electron chi connectivity index (χ0n) is 27.1. The van der Waals surface area contributed by atoms with E-state index in [9.17, 15) is 12.8 Å². The summed E-state index contributed by atoms with van der Waals surface area (Å²) in [5, 5.41) is 10.2. The van der Waals surface area contributed by atoms with E-state index in [4.69, 9.17) is 20.3 Å². The Morgan fingerprint density at radius 1 is 1.04 bits per heavy atom. The zero-order valence-corrected chi connectivity index (χ0v) is 27.9. The first-order chi connectivity index (χ1) is 23.6. The van der Waals surface area contributed by atoms with E-state index < -0.39 is 16.1 Å². The van der Waals surface area contributed by atoms with Crippen LogP contribution >= 0.6 is 0 Å². The number of ether oxygens (including phenoxy) is 2. The van der Waals surface area contributed by atoms with Crippen molar-refractivity contribution in [2.24, 2.45) is 7.05 Å². The minimum Gasteiger partial charge on any atom is -0.484 e. The topological polar surface area (TPSA) is 139 Å². The Morgan fingerprint density at radius 2 is 1.80 bits per heavy atom. The van der Waals surface area contributed by atoms with E-state index in [2.05, 4.69) is 14.8 Å². The van der Waals surface area contributed by atoms with E-state index in [-0.39, 0.29) is 29.0 Å². The lowest BCUT2D eigenvalue weighted by atomic mass is 10.0. The van der Waals surface area contributed by atoms with Gasteiger partial charge in [0.25, 0.3) is 0 Å². The molecule has 1 atom stereocenters. The number of sulfonamides is 1. The highest BCUT2D eigenvalue weighted by Gasteiger charge is 2.24. The van der Waals surface area contributed by atoms with Crippen LogP contribution in [0.15, 0.2) is 91.4 Å². The molecule has 11 nitrogen and oxygen atoms in total. The van der Waals surface area contributed by atoms with Gasteiger partial charge >= 0.3 is 0 Å². The van der Waals surface area contributed by atoms with Crippen LogP contribution in [0.1, 0.15) is 43.0 Å². The van der Waals surface area contributed by atoms with Crippen molar-refractivity contribution < 1.29 is 22.3 Å². The molecular formula is C36H36FN7O4S. The number of nitrogens with zero attached hydrogens (tertiary/aromatic N) is 5. The lowest BCUT2D eigenvalue weighted by molar-refractivity contribution is 0.0662. The van der Waals surface area contributed by atoms with Crippen LogP contribution in [0, 0.1) is 5.82 Å². The average Bonchev–Trinajstić information content (AvgIpc) is 3.73. The number of benzene rings is 3. The molecule has 6 aromatic rings. The Labute approximate surface area is 283 Å². The van der Waals surface area contributed by atoms with Crippen molar-refractivity contribution >= 4 is 32.4 Å². The number of hydrogen-bond donors (Lipinski definition) is 2. The van der Waals surface area contributed by atoms with Crippen LogP contribution in [-0.2, 0) is 27.6 Å². The normalized spacial score (nSPS) is 14.6. The summed E-state index contributed by atoms with van der Waals surface area (Å²) >= 11 is 0. The maximum atomic E-state index is 13.7. The van der Waals surface area contributed by atoms with Crippen molar-refractivity contribution in [2.45, 2.75) is 37.7 Å². The van der Waals surface area contributed by atoms with Crippen LogP contribution in [-0.4, -0.2) is 46.2 Å². The lowest BCUT2D eigenvalue weighted by Crippen LogP contribution is -2.19. The molecule has 1 saturated heterocycles. The first-order valence-electron chi connectivity index (χ1n) is 16.0. The van der Waals surface area contributed by atoms with E-state index in [0.717, 1.165) is 29.5 Å². The summed E-state index contributed by atoms with van der Waals surface area (Å²) < 4.78 is 58.7. The van der Waals surface area contributed by atoms with Crippen LogP contribution < -0.4 is 15.2 Å².